The second kappa shape index (κ2) is 9.25. The van der Waals surface area contributed by atoms with Crippen LogP contribution in [0.4, 0.5) is 18.3 Å². The molecule has 0 spiro atoms. The van der Waals surface area contributed by atoms with E-state index in [1.807, 2.05) is 0 Å². The second-order valence-electron chi connectivity index (χ2n) is 6.73. The van der Waals surface area contributed by atoms with Gasteiger partial charge in [0.25, 0.3) is 5.91 Å². The van der Waals surface area contributed by atoms with E-state index in [1.54, 1.807) is 36.6 Å². The Hall–Kier alpha value is -3.99. The lowest BCUT2D eigenvalue weighted by Crippen LogP contribution is -2.27. The van der Waals surface area contributed by atoms with E-state index in [4.69, 9.17) is 0 Å². The highest BCUT2D eigenvalue weighted by Gasteiger charge is 2.19. The van der Waals surface area contributed by atoms with Gasteiger partial charge in [0.05, 0.1) is 5.69 Å². The zero-order chi connectivity index (χ0) is 23.5. The molecule has 1 amide bonds. The number of carbonyl (C=O) groups is 1. The van der Waals surface area contributed by atoms with Crippen LogP contribution in [-0.2, 0) is 0 Å². The van der Waals surface area contributed by atoms with Gasteiger partial charge in [-0.05, 0) is 31.2 Å². The summed E-state index contributed by atoms with van der Waals surface area (Å²) < 4.78 is 45.2. The quantitative estimate of drug-likeness (QED) is 0.441. The predicted molar refractivity (Wildman–Crippen MR) is 117 cm³/mol. The number of hydrogen-bond acceptors (Lipinski definition) is 6. The number of benzene rings is 2. The van der Waals surface area contributed by atoms with Gasteiger partial charge in [-0.1, -0.05) is 24.3 Å². The molecule has 0 saturated carbocycles. The minimum atomic E-state index is -3.01. The monoisotopic (exact) mass is 472 g/mol. The van der Waals surface area contributed by atoms with Gasteiger partial charge in [0.1, 0.15) is 17.3 Å². The number of nitrogens with zero attached hydrogens (tertiary/aromatic N) is 3. The normalized spacial score (nSPS) is 10.9. The van der Waals surface area contributed by atoms with Gasteiger partial charge >= 0.3 is 6.61 Å². The van der Waals surface area contributed by atoms with Crippen molar-refractivity contribution in [3.05, 3.63) is 87.4 Å². The van der Waals surface area contributed by atoms with Gasteiger partial charge < -0.3 is 4.74 Å². The lowest BCUT2D eigenvalue weighted by Gasteiger charge is -2.11. The molecule has 33 heavy (non-hydrogen) atoms. The first-order valence-corrected chi connectivity index (χ1v) is 10.4. The number of para-hydroxylation sites is 2. The first-order valence-electron chi connectivity index (χ1n) is 9.50. The van der Waals surface area contributed by atoms with Crippen molar-refractivity contribution in [2.45, 2.75) is 13.5 Å². The molecule has 0 unspecified atom stereocenters. The summed E-state index contributed by atoms with van der Waals surface area (Å²) in [4.78, 5) is 29.3. The highest BCUT2D eigenvalue weighted by molar-refractivity contribution is 7.14. The topological polar surface area (TPSA) is 86.1 Å². The summed E-state index contributed by atoms with van der Waals surface area (Å²) in [5.41, 5.74) is -0.0748. The maximum absolute atomic E-state index is 14.2. The third-order valence-electron chi connectivity index (χ3n) is 4.51. The number of alkyl halides is 2. The summed E-state index contributed by atoms with van der Waals surface area (Å²) in [5, 5.41) is 8.17. The predicted octanol–water partition coefficient (Wildman–Crippen LogP) is 4.66. The molecule has 11 heteroatoms. The zero-order valence-electron chi connectivity index (χ0n) is 17.0. The van der Waals surface area contributed by atoms with Crippen molar-refractivity contribution in [2.24, 2.45) is 0 Å². The summed E-state index contributed by atoms with van der Waals surface area (Å²) in [6.45, 7) is -1.44. The van der Waals surface area contributed by atoms with E-state index in [9.17, 15) is 22.8 Å². The number of hydrogen-bond donors (Lipinski definition) is 1. The Labute approximate surface area is 189 Å². The van der Waals surface area contributed by atoms with Gasteiger partial charge in [-0.25, -0.2) is 14.1 Å². The molecule has 2 heterocycles. The molecule has 2 aromatic heterocycles. The van der Waals surface area contributed by atoms with Crippen molar-refractivity contribution < 1.29 is 22.7 Å². The first-order chi connectivity index (χ1) is 15.8. The van der Waals surface area contributed by atoms with Crippen LogP contribution in [0.3, 0.4) is 0 Å². The largest absolute Gasteiger partial charge is 0.434 e. The molecule has 2 aromatic carbocycles. The van der Waals surface area contributed by atoms with Crippen molar-refractivity contribution in [1.82, 2.24) is 14.8 Å². The van der Waals surface area contributed by atoms with Gasteiger partial charge in [-0.3, -0.25) is 14.9 Å². The van der Waals surface area contributed by atoms with E-state index in [-0.39, 0.29) is 16.6 Å². The lowest BCUT2D eigenvalue weighted by molar-refractivity contribution is -0.0494. The van der Waals surface area contributed by atoms with Crippen LogP contribution in [0.25, 0.3) is 16.9 Å². The van der Waals surface area contributed by atoms with Gasteiger partial charge in [-0.15, -0.1) is 11.3 Å². The van der Waals surface area contributed by atoms with Gasteiger partial charge in [0.15, 0.2) is 10.8 Å². The number of anilines is 1. The number of thiazole rings is 1. The molecule has 0 saturated heterocycles. The van der Waals surface area contributed by atoms with Crippen LogP contribution in [0.5, 0.6) is 5.75 Å². The molecule has 4 aromatic rings. The fourth-order valence-corrected chi connectivity index (χ4v) is 3.77. The molecule has 168 valence electrons. The number of aromatic nitrogens is 3. The van der Waals surface area contributed by atoms with E-state index in [0.29, 0.717) is 17.0 Å². The van der Waals surface area contributed by atoms with Crippen molar-refractivity contribution in [2.75, 3.05) is 5.32 Å². The van der Waals surface area contributed by atoms with E-state index in [1.165, 1.54) is 30.3 Å². The maximum Gasteiger partial charge on any atom is 0.387 e. The Morgan fingerprint density at radius 3 is 2.64 bits per heavy atom. The van der Waals surface area contributed by atoms with E-state index < -0.39 is 29.5 Å². The molecule has 0 fully saturated rings. The molecule has 1 N–H and O–H groups in total. The number of halogens is 3. The highest BCUT2D eigenvalue weighted by Crippen LogP contribution is 2.33. The number of rotatable bonds is 6. The van der Waals surface area contributed by atoms with Crippen molar-refractivity contribution >= 4 is 22.4 Å². The Balaban J connectivity index is 1.62. The Morgan fingerprint density at radius 1 is 1.15 bits per heavy atom. The van der Waals surface area contributed by atoms with Crippen molar-refractivity contribution in [1.29, 1.82) is 0 Å². The SMILES string of the molecule is Cc1cc(=O)c(C(=O)Nc2nc(-c3ccccc3OC(F)F)cs2)nn1-c1ccccc1F. The van der Waals surface area contributed by atoms with Gasteiger partial charge in [0, 0.05) is 22.7 Å². The Morgan fingerprint density at radius 2 is 1.88 bits per heavy atom. The number of ether oxygens (including phenoxy) is 1. The summed E-state index contributed by atoms with van der Waals surface area (Å²) in [7, 11) is 0. The molecule has 0 aliphatic heterocycles. The van der Waals surface area contributed by atoms with Gasteiger partial charge in [0.2, 0.25) is 5.43 Å². The molecule has 0 aliphatic rings. The van der Waals surface area contributed by atoms with Crippen LogP contribution in [0, 0.1) is 12.7 Å². The average molecular weight is 472 g/mol. The molecule has 0 bridgehead atoms. The summed E-state index contributed by atoms with van der Waals surface area (Å²) in [5.74, 6) is -1.48. The van der Waals surface area contributed by atoms with Crippen LogP contribution in [0.1, 0.15) is 16.2 Å². The average Bonchev–Trinajstić information content (AvgIpc) is 3.22. The number of nitrogens with one attached hydrogen (secondary N) is 1. The summed E-state index contributed by atoms with van der Waals surface area (Å²) in [6.07, 6.45) is 0. The number of aryl methyl sites for hydroxylation is 1. The minimum Gasteiger partial charge on any atom is -0.434 e. The zero-order valence-corrected chi connectivity index (χ0v) is 17.8. The summed E-state index contributed by atoms with van der Waals surface area (Å²) >= 11 is 1.02. The molecular weight excluding hydrogens is 457 g/mol. The van der Waals surface area contributed by atoms with Crippen LogP contribution in [0.15, 0.2) is 64.8 Å². The molecule has 0 aliphatic carbocycles. The fraction of sp³-hybridized carbons (Fsp3) is 0.0909. The smallest absolute Gasteiger partial charge is 0.387 e. The first kappa shape index (κ1) is 22.2. The van der Waals surface area contributed by atoms with Crippen molar-refractivity contribution in [3.8, 4) is 22.7 Å². The van der Waals surface area contributed by atoms with Gasteiger partial charge in [-0.2, -0.15) is 13.9 Å². The molecule has 7 nitrogen and oxygen atoms in total. The van der Waals surface area contributed by atoms with Crippen LogP contribution in [0.2, 0.25) is 0 Å². The molecule has 0 atom stereocenters. The molecule has 4 rings (SSSR count). The van der Waals surface area contributed by atoms with E-state index in [0.717, 1.165) is 16.0 Å². The molecule has 0 radical (unpaired) electrons. The number of carbonyl (C=O) groups excluding carboxylic acids is 1. The fourth-order valence-electron chi connectivity index (χ4n) is 3.06. The Bertz CT molecular complexity index is 1390. The maximum atomic E-state index is 14.2. The third-order valence-corrected chi connectivity index (χ3v) is 5.26. The second-order valence-corrected chi connectivity index (χ2v) is 7.59. The third kappa shape index (κ3) is 4.77. The van der Waals surface area contributed by atoms with E-state index in [2.05, 4.69) is 20.1 Å². The van der Waals surface area contributed by atoms with Crippen molar-refractivity contribution in [3.63, 3.8) is 0 Å². The molecular formula is C22H15F3N4O3S. The lowest BCUT2D eigenvalue weighted by atomic mass is 10.1. The van der Waals surface area contributed by atoms with E-state index >= 15 is 0 Å². The van der Waals surface area contributed by atoms with Crippen LogP contribution < -0.4 is 15.5 Å². The van der Waals surface area contributed by atoms with Crippen LogP contribution in [-0.4, -0.2) is 27.3 Å². The summed E-state index contributed by atoms with van der Waals surface area (Å²) in [6, 6.07) is 13.1. The highest BCUT2D eigenvalue weighted by atomic mass is 32.1. The standard InChI is InChI=1S/C22H15F3N4O3S/c1-12-10-17(30)19(28-29(12)16-8-4-3-7-14(16)23)20(31)27-22-26-15(11-33-22)13-6-2-5-9-18(13)32-21(24)25/h2-11,21H,1H3,(H,26,27,31). The van der Waals surface area contributed by atoms with Crippen LogP contribution >= 0.6 is 11.3 Å². The number of amides is 1. The Kier molecular flexibility index (Phi) is 6.22. The minimum absolute atomic E-state index is 0.0661.